The number of hydrogen-bond donors (Lipinski definition) is 2. The highest BCUT2D eigenvalue weighted by molar-refractivity contribution is 5.70. The van der Waals surface area contributed by atoms with Gasteiger partial charge in [-0.05, 0) is 44.7 Å². The summed E-state index contributed by atoms with van der Waals surface area (Å²) in [5.74, 6) is -0.561. The van der Waals surface area contributed by atoms with Crippen molar-refractivity contribution in [3.05, 3.63) is 35.8 Å². The maximum absolute atomic E-state index is 14.9. The van der Waals surface area contributed by atoms with Crippen molar-refractivity contribution in [3.63, 3.8) is 0 Å². The molecule has 0 bridgehead atoms. The summed E-state index contributed by atoms with van der Waals surface area (Å²) in [4.78, 5) is 20.9. The van der Waals surface area contributed by atoms with Crippen LogP contribution in [0.15, 0.2) is 24.4 Å². The van der Waals surface area contributed by atoms with Crippen molar-refractivity contribution in [2.45, 2.75) is 59.6 Å². The molecule has 2 N–H and O–H groups in total. The molecule has 2 aromatic heterocycles. The summed E-state index contributed by atoms with van der Waals surface area (Å²) in [6.07, 6.45) is 1.71. The molecule has 2 rings (SSSR count). The summed E-state index contributed by atoms with van der Waals surface area (Å²) < 4.78 is 30.9. The maximum Gasteiger partial charge on any atom is 0.306 e. The van der Waals surface area contributed by atoms with Crippen molar-refractivity contribution in [2.24, 2.45) is 11.8 Å². The Morgan fingerprint density at radius 1 is 1.19 bits per heavy atom. The molecule has 36 heavy (non-hydrogen) atoms. The molecule has 2 heterocycles. The lowest BCUT2D eigenvalue weighted by atomic mass is 9.89. The van der Waals surface area contributed by atoms with E-state index in [-0.39, 0.29) is 47.5 Å². The van der Waals surface area contributed by atoms with Gasteiger partial charge in [0.05, 0.1) is 18.6 Å². The van der Waals surface area contributed by atoms with E-state index in [9.17, 15) is 14.4 Å². The maximum atomic E-state index is 14.9. The lowest BCUT2D eigenvalue weighted by Gasteiger charge is -2.30. The largest absolute Gasteiger partial charge is 0.475 e. The van der Waals surface area contributed by atoms with Gasteiger partial charge < -0.3 is 24.8 Å². The third-order valence-electron chi connectivity index (χ3n) is 5.17. The number of anilines is 3. The van der Waals surface area contributed by atoms with Crippen LogP contribution in [0, 0.1) is 29.0 Å². The Bertz CT molecular complexity index is 1070. The zero-order chi connectivity index (χ0) is 26.9. The van der Waals surface area contributed by atoms with Crippen LogP contribution < -0.4 is 15.4 Å². The molecule has 0 spiro atoms. The van der Waals surface area contributed by atoms with E-state index in [2.05, 4.69) is 20.6 Å². The van der Waals surface area contributed by atoms with Crippen LogP contribution in [-0.4, -0.2) is 47.9 Å². The summed E-state index contributed by atoms with van der Waals surface area (Å²) >= 11 is 0. The smallest absolute Gasteiger partial charge is 0.306 e. The normalized spacial score (nSPS) is 13.0. The Morgan fingerprint density at radius 3 is 2.53 bits per heavy atom. The molecule has 0 fully saturated rings. The zero-order valence-electron chi connectivity index (χ0n) is 22.0. The fraction of sp³-hybridized carbons (Fsp3) is 0.538. The van der Waals surface area contributed by atoms with Crippen molar-refractivity contribution in [1.82, 2.24) is 9.97 Å². The van der Waals surface area contributed by atoms with E-state index < -0.39 is 11.4 Å². The van der Waals surface area contributed by atoms with Gasteiger partial charge >= 0.3 is 5.97 Å². The second-order valence-corrected chi connectivity index (χ2v) is 9.86. The quantitative estimate of drug-likeness (QED) is 0.304. The van der Waals surface area contributed by atoms with E-state index >= 15 is 0 Å². The highest BCUT2D eigenvalue weighted by Crippen LogP contribution is 2.28. The van der Waals surface area contributed by atoms with E-state index in [1.165, 1.54) is 0 Å². The fourth-order valence-electron chi connectivity index (χ4n) is 3.60. The topological polar surface area (TPSA) is 118 Å². The van der Waals surface area contributed by atoms with Crippen LogP contribution in [0.25, 0.3) is 0 Å². The van der Waals surface area contributed by atoms with Crippen molar-refractivity contribution in [3.8, 4) is 11.9 Å². The van der Waals surface area contributed by atoms with Crippen molar-refractivity contribution in [1.29, 1.82) is 5.26 Å². The number of halogens is 1. The van der Waals surface area contributed by atoms with E-state index in [1.807, 2.05) is 47.6 Å². The first-order chi connectivity index (χ1) is 16.9. The van der Waals surface area contributed by atoms with Crippen molar-refractivity contribution >= 4 is 23.3 Å². The number of hydrogen-bond acceptors (Lipinski definition) is 9. The average Bonchev–Trinajstić information content (AvgIpc) is 2.77. The number of nitrogens with one attached hydrogen (secondary N) is 2. The second-order valence-electron chi connectivity index (χ2n) is 9.86. The molecule has 2 aromatic rings. The minimum atomic E-state index is -0.662. The van der Waals surface area contributed by atoms with Crippen LogP contribution in [0.4, 0.5) is 21.7 Å². The summed E-state index contributed by atoms with van der Waals surface area (Å²) in [6, 6.07) is 6.15. The monoisotopic (exact) mass is 501 g/mol. The lowest BCUT2D eigenvalue weighted by Crippen LogP contribution is -2.36. The fourth-order valence-corrected chi connectivity index (χ4v) is 3.60. The molecule has 0 aliphatic carbocycles. The van der Waals surface area contributed by atoms with Gasteiger partial charge in [0, 0.05) is 31.1 Å². The van der Waals surface area contributed by atoms with Crippen LogP contribution in [0.1, 0.15) is 53.5 Å². The molecule has 0 saturated carbocycles. The van der Waals surface area contributed by atoms with E-state index in [1.54, 1.807) is 25.4 Å². The molecule has 0 amide bonds. The van der Waals surface area contributed by atoms with Gasteiger partial charge in [-0.1, -0.05) is 20.8 Å². The zero-order valence-corrected chi connectivity index (χ0v) is 22.0. The Hall–Kier alpha value is -3.45. The number of ether oxygens (including phenoxy) is 3. The number of nitriles is 1. The summed E-state index contributed by atoms with van der Waals surface area (Å²) in [7, 11) is 1.58. The van der Waals surface area contributed by atoms with Crippen LogP contribution in [0.2, 0.25) is 0 Å². The number of nitrogens with zero attached hydrogens (tertiary/aromatic N) is 3. The third kappa shape index (κ3) is 8.96. The van der Waals surface area contributed by atoms with E-state index in [4.69, 9.17) is 14.2 Å². The van der Waals surface area contributed by atoms with Gasteiger partial charge in [-0.15, -0.1) is 0 Å². The predicted molar refractivity (Wildman–Crippen MR) is 136 cm³/mol. The molecule has 0 aromatic carbocycles. The second kappa shape index (κ2) is 13.0. The van der Waals surface area contributed by atoms with E-state index in [0.29, 0.717) is 24.8 Å². The molecular formula is C26H36FN5O4. The van der Waals surface area contributed by atoms with Gasteiger partial charge in [0.25, 0.3) is 0 Å². The molecular weight excluding hydrogens is 465 g/mol. The number of pyridine rings is 2. The Balaban J connectivity index is 2.25. The summed E-state index contributed by atoms with van der Waals surface area (Å²) in [6.45, 7) is 12.1. The first kappa shape index (κ1) is 28.8. The van der Waals surface area contributed by atoms with Gasteiger partial charge in [-0.2, -0.15) is 5.26 Å². The van der Waals surface area contributed by atoms with Crippen LogP contribution in [0.5, 0.6) is 5.88 Å². The highest BCUT2D eigenvalue weighted by Gasteiger charge is 2.27. The molecule has 0 aliphatic heterocycles. The number of esters is 1. The Kier molecular flexibility index (Phi) is 10.4. The van der Waals surface area contributed by atoms with Crippen molar-refractivity contribution in [2.75, 3.05) is 31.0 Å². The molecule has 9 nitrogen and oxygen atoms in total. The number of rotatable bonds is 12. The minimum Gasteiger partial charge on any atom is -0.475 e. The molecule has 0 unspecified atom stereocenters. The van der Waals surface area contributed by atoms with Gasteiger partial charge in [-0.3, -0.25) is 4.79 Å². The highest BCUT2D eigenvalue weighted by atomic mass is 19.1. The minimum absolute atomic E-state index is 0.0168. The first-order valence-electron chi connectivity index (χ1n) is 11.9. The first-order valence-corrected chi connectivity index (χ1v) is 11.9. The van der Waals surface area contributed by atoms with Gasteiger partial charge in [-0.25, -0.2) is 14.4 Å². The van der Waals surface area contributed by atoms with Gasteiger partial charge in [0.15, 0.2) is 17.5 Å². The van der Waals surface area contributed by atoms with Gasteiger partial charge in [0.1, 0.15) is 18.3 Å². The molecule has 0 saturated heterocycles. The molecule has 2 atom stereocenters. The summed E-state index contributed by atoms with van der Waals surface area (Å²) in [5, 5.41) is 15.7. The van der Waals surface area contributed by atoms with Crippen molar-refractivity contribution < 1.29 is 23.4 Å². The molecule has 10 heteroatoms. The van der Waals surface area contributed by atoms with Gasteiger partial charge in [0.2, 0.25) is 5.88 Å². The van der Waals surface area contributed by atoms with E-state index in [0.717, 1.165) is 6.07 Å². The Labute approximate surface area is 212 Å². The molecule has 0 radical (unpaired) electrons. The standard InChI is InChI=1S/C26H36FN5O4/c1-16(2)23(17(3)12-22(33)36-26(4,5)6)31-25-20(27)13-18(15-28)24(32-25)30-19-8-9-29-21(14-19)35-11-10-34-7/h8-9,13-14,16-17,23H,10-12H2,1-7H3,(H2,29,30,31,32)/t17-,23-/m1/s1. The Morgan fingerprint density at radius 2 is 1.92 bits per heavy atom. The van der Waals surface area contributed by atoms with Crippen LogP contribution >= 0.6 is 0 Å². The predicted octanol–water partition coefficient (Wildman–Crippen LogP) is 5.06. The number of carbonyl (C=O) groups is 1. The third-order valence-corrected chi connectivity index (χ3v) is 5.17. The lowest BCUT2D eigenvalue weighted by molar-refractivity contribution is -0.156. The molecule has 0 aliphatic rings. The average molecular weight is 502 g/mol. The number of aromatic nitrogens is 2. The molecule has 196 valence electrons. The summed E-state index contributed by atoms with van der Waals surface area (Å²) in [5.41, 5.74) is 0.0258. The SMILES string of the molecule is COCCOc1cc(Nc2nc(N[C@H](C(C)C)[C@H](C)CC(=O)OC(C)(C)C)c(F)cc2C#N)ccn1. The van der Waals surface area contributed by atoms with Crippen LogP contribution in [0.3, 0.4) is 0 Å². The number of methoxy groups -OCH3 is 1. The number of carbonyl (C=O) groups excluding carboxylic acids is 1. The van der Waals surface area contributed by atoms with Crippen LogP contribution in [-0.2, 0) is 14.3 Å².